The zero-order chi connectivity index (χ0) is 17.4. The van der Waals surface area contributed by atoms with Crippen molar-refractivity contribution >= 4 is 23.2 Å². The molecule has 24 heavy (non-hydrogen) atoms. The second kappa shape index (κ2) is 9.03. The van der Waals surface area contributed by atoms with E-state index in [2.05, 4.69) is 28.7 Å². The van der Waals surface area contributed by atoms with Crippen LogP contribution in [0.15, 0.2) is 53.7 Å². The maximum Gasteiger partial charge on any atom is 0.243 e. The Kier molecular flexibility index (Phi) is 6.75. The standard InChI is InChI=1S/C19H22N2O2S/c1-3-18(22)20-12-17-7-5-4-6-16(17)11-19(23)21-14(2)10-15-8-9-24-13-15/h3-9,13-14H,1,10-12H2,2H3,(H,20,22)(H,21,23). The number of carbonyl (C=O) groups excluding carboxylic acids is 2. The van der Waals surface area contributed by atoms with E-state index in [0.717, 1.165) is 17.5 Å². The van der Waals surface area contributed by atoms with Gasteiger partial charge in [-0.2, -0.15) is 11.3 Å². The van der Waals surface area contributed by atoms with Gasteiger partial charge in [0.2, 0.25) is 11.8 Å². The highest BCUT2D eigenvalue weighted by Gasteiger charge is 2.11. The summed E-state index contributed by atoms with van der Waals surface area (Å²) in [4.78, 5) is 23.6. The van der Waals surface area contributed by atoms with Crippen molar-refractivity contribution in [1.82, 2.24) is 10.6 Å². The first-order valence-corrected chi connectivity index (χ1v) is 8.80. The highest BCUT2D eigenvalue weighted by atomic mass is 32.1. The molecular formula is C19H22N2O2S. The third kappa shape index (κ3) is 5.66. The molecule has 126 valence electrons. The highest BCUT2D eigenvalue weighted by molar-refractivity contribution is 7.07. The van der Waals surface area contributed by atoms with Gasteiger partial charge in [-0.25, -0.2) is 0 Å². The van der Waals surface area contributed by atoms with Crippen molar-refractivity contribution < 1.29 is 9.59 Å². The van der Waals surface area contributed by atoms with Crippen molar-refractivity contribution in [3.8, 4) is 0 Å². The second-order valence-electron chi connectivity index (χ2n) is 5.67. The molecule has 2 N–H and O–H groups in total. The first kappa shape index (κ1) is 17.9. The van der Waals surface area contributed by atoms with Crippen molar-refractivity contribution in [2.75, 3.05) is 0 Å². The Morgan fingerprint density at radius 3 is 2.67 bits per heavy atom. The van der Waals surface area contributed by atoms with Crippen LogP contribution in [0.4, 0.5) is 0 Å². The predicted molar refractivity (Wildman–Crippen MR) is 97.8 cm³/mol. The third-order valence-corrected chi connectivity index (χ3v) is 4.37. The molecule has 1 unspecified atom stereocenters. The largest absolute Gasteiger partial charge is 0.353 e. The Morgan fingerprint density at radius 2 is 2.00 bits per heavy atom. The lowest BCUT2D eigenvalue weighted by Gasteiger charge is -2.15. The van der Waals surface area contributed by atoms with E-state index in [1.807, 2.05) is 36.6 Å². The molecule has 0 fully saturated rings. The fourth-order valence-electron chi connectivity index (χ4n) is 2.47. The molecule has 1 heterocycles. The van der Waals surface area contributed by atoms with Crippen LogP contribution in [-0.4, -0.2) is 17.9 Å². The van der Waals surface area contributed by atoms with E-state index in [0.29, 0.717) is 13.0 Å². The smallest absolute Gasteiger partial charge is 0.243 e. The van der Waals surface area contributed by atoms with Gasteiger partial charge >= 0.3 is 0 Å². The molecule has 0 saturated carbocycles. The van der Waals surface area contributed by atoms with E-state index in [-0.39, 0.29) is 17.9 Å². The van der Waals surface area contributed by atoms with Gasteiger partial charge in [-0.15, -0.1) is 0 Å². The monoisotopic (exact) mass is 342 g/mol. The summed E-state index contributed by atoms with van der Waals surface area (Å²) in [6.07, 6.45) is 2.36. The second-order valence-corrected chi connectivity index (χ2v) is 6.45. The lowest BCUT2D eigenvalue weighted by molar-refractivity contribution is -0.121. The summed E-state index contributed by atoms with van der Waals surface area (Å²) < 4.78 is 0. The summed E-state index contributed by atoms with van der Waals surface area (Å²) in [6.45, 7) is 5.82. The zero-order valence-electron chi connectivity index (χ0n) is 13.7. The van der Waals surface area contributed by atoms with Crippen molar-refractivity contribution in [2.24, 2.45) is 0 Å². The first-order chi connectivity index (χ1) is 11.6. The molecule has 5 heteroatoms. The summed E-state index contributed by atoms with van der Waals surface area (Å²) >= 11 is 1.66. The van der Waals surface area contributed by atoms with Crippen LogP contribution in [0.5, 0.6) is 0 Å². The van der Waals surface area contributed by atoms with Gasteiger partial charge in [-0.3, -0.25) is 9.59 Å². The molecule has 0 aliphatic rings. The number of carbonyl (C=O) groups is 2. The molecule has 2 amide bonds. The van der Waals surface area contributed by atoms with E-state index >= 15 is 0 Å². The molecule has 0 radical (unpaired) electrons. The van der Waals surface area contributed by atoms with E-state index in [1.165, 1.54) is 11.6 Å². The van der Waals surface area contributed by atoms with E-state index in [1.54, 1.807) is 11.3 Å². The van der Waals surface area contributed by atoms with Gasteiger partial charge < -0.3 is 10.6 Å². The summed E-state index contributed by atoms with van der Waals surface area (Å²) in [7, 11) is 0. The van der Waals surface area contributed by atoms with E-state index in [9.17, 15) is 9.59 Å². The topological polar surface area (TPSA) is 58.2 Å². The number of hydrogen-bond donors (Lipinski definition) is 2. The lowest BCUT2D eigenvalue weighted by atomic mass is 10.0. The minimum absolute atomic E-state index is 0.0137. The number of rotatable bonds is 8. The van der Waals surface area contributed by atoms with Gasteiger partial charge in [-0.05, 0) is 52.9 Å². The minimum atomic E-state index is -0.223. The van der Waals surface area contributed by atoms with Gasteiger partial charge in [0.05, 0.1) is 6.42 Å². The Balaban J connectivity index is 1.91. The third-order valence-electron chi connectivity index (χ3n) is 3.64. The zero-order valence-corrected chi connectivity index (χ0v) is 14.6. The Hall–Kier alpha value is -2.40. The molecular weight excluding hydrogens is 320 g/mol. The van der Waals surface area contributed by atoms with Crippen LogP contribution < -0.4 is 10.6 Å². The van der Waals surface area contributed by atoms with E-state index in [4.69, 9.17) is 0 Å². The number of amides is 2. The average Bonchev–Trinajstić information content (AvgIpc) is 3.06. The van der Waals surface area contributed by atoms with Crippen molar-refractivity contribution in [2.45, 2.75) is 32.4 Å². The average molecular weight is 342 g/mol. The van der Waals surface area contributed by atoms with Gasteiger partial charge in [0.15, 0.2) is 0 Å². The van der Waals surface area contributed by atoms with Crippen molar-refractivity contribution in [3.63, 3.8) is 0 Å². The molecule has 2 rings (SSSR count). The van der Waals surface area contributed by atoms with Gasteiger partial charge in [-0.1, -0.05) is 30.8 Å². The highest BCUT2D eigenvalue weighted by Crippen LogP contribution is 2.11. The van der Waals surface area contributed by atoms with Crippen LogP contribution in [0.25, 0.3) is 0 Å². The number of hydrogen-bond acceptors (Lipinski definition) is 3. The molecule has 0 bridgehead atoms. The quantitative estimate of drug-likeness (QED) is 0.725. The minimum Gasteiger partial charge on any atom is -0.353 e. The van der Waals surface area contributed by atoms with E-state index < -0.39 is 0 Å². The molecule has 1 aromatic carbocycles. The lowest BCUT2D eigenvalue weighted by Crippen LogP contribution is -2.35. The van der Waals surface area contributed by atoms with Crippen LogP contribution in [0, 0.1) is 0 Å². The summed E-state index contributed by atoms with van der Waals surface area (Å²) in [5, 5.41) is 9.91. The van der Waals surface area contributed by atoms with Crippen LogP contribution >= 0.6 is 11.3 Å². The Morgan fingerprint density at radius 1 is 1.25 bits per heavy atom. The Labute approximate surface area is 146 Å². The number of nitrogens with one attached hydrogen (secondary N) is 2. The Bertz CT molecular complexity index is 695. The van der Waals surface area contributed by atoms with Crippen molar-refractivity contribution in [3.05, 3.63) is 70.4 Å². The van der Waals surface area contributed by atoms with Crippen LogP contribution in [0.2, 0.25) is 0 Å². The van der Waals surface area contributed by atoms with Crippen molar-refractivity contribution in [1.29, 1.82) is 0 Å². The predicted octanol–water partition coefficient (Wildman–Crippen LogP) is 2.84. The fourth-order valence-corrected chi connectivity index (χ4v) is 3.15. The van der Waals surface area contributed by atoms with Crippen LogP contribution in [0.3, 0.4) is 0 Å². The summed E-state index contributed by atoms with van der Waals surface area (Å²) in [6, 6.07) is 9.79. The molecule has 0 aliphatic heterocycles. The summed E-state index contributed by atoms with van der Waals surface area (Å²) in [5.41, 5.74) is 3.09. The van der Waals surface area contributed by atoms with Crippen LogP contribution in [0.1, 0.15) is 23.6 Å². The molecule has 1 atom stereocenters. The number of benzene rings is 1. The molecule has 0 aliphatic carbocycles. The van der Waals surface area contributed by atoms with Crippen LogP contribution in [-0.2, 0) is 29.0 Å². The molecule has 4 nitrogen and oxygen atoms in total. The normalized spacial score (nSPS) is 11.5. The fraction of sp³-hybridized carbons (Fsp3) is 0.263. The van der Waals surface area contributed by atoms with Gasteiger partial charge in [0.25, 0.3) is 0 Å². The molecule has 0 saturated heterocycles. The van der Waals surface area contributed by atoms with Gasteiger partial charge in [0.1, 0.15) is 0 Å². The SMILES string of the molecule is C=CC(=O)NCc1ccccc1CC(=O)NC(C)Cc1ccsc1. The molecule has 0 spiro atoms. The maximum atomic E-state index is 12.3. The maximum absolute atomic E-state index is 12.3. The summed E-state index contributed by atoms with van der Waals surface area (Å²) in [5.74, 6) is -0.237. The number of thiophene rings is 1. The molecule has 2 aromatic rings. The molecule has 1 aromatic heterocycles. The van der Waals surface area contributed by atoms with Gasteiger partial charge in [0, 0.05) is 12.6 Å². The first-order valence-electron chi connectivity index (χ1n) is 7.86.